The minimum atomic E-state index is -3.72. The van der Waals surface area contributed by atoms with E-state index in [-0.39, 0.29) is 11.7 Å². The smallest absolute Gasteiger partial charge is 0.261 e. The summed E-state index contributed by atoms with van der Waals surface area (Å²) in [5.41, 5.74) is 4.85. The summed E-state index contributed by atoms with van der Waals surface area (Å²) in [4.78, 5) is 0.164. The zero-order valence-electron chi connectivity index (χ0n) is 17.9. The van der Waals surface area contributed by atoms with Gasteiger partial charge in [0, 0.05) is 17.4 Å². The number of hydrogen-bond acceptors (Lipinski definition) is 5. The third kappa shape index (κ3) is 4.79. The molecule has 0 saturated carbocycles. The molecule has 0 unspecified atom stereocenters. The van der Waals surface area contributed by atoms with Crippen LogP contribution in [-0.2, 0) is 10.0 Å². The molecule has 1 heterocycles. The number of aryl methyl sites for hydroxylation is 3. The minimum absolute atomic E-state index is 0.164. The first kappa shape index (κ1) is 21.9. The highest BCUT2D eigenvalue weighted by atomic mass is 32.2. The molecule has 1 aliphatic rings. The van der Waals surface area contributed by atoms with E-state index in [0.717, 1.165) is 22.4 Å². The van der Waals surface area contributed by atoms with Crippen molar-refractivity contribution in [3.8, 4) is 11.5 Å². The second-order valence-electron chi connectivity index (χ2n) is 7.55. The Kier molecular flexibility index (Phi) is 5.94. The van der Waals surface area contributed by atoms with Crippen molar-refractivity contribution in [2.24, 2.45) is 0 Å². The summed E-state index contributed by atoms with van der Waals surface area (Å²) in [6.07, 6.45) is 0. The predicted octanol–water partition coefficient (Wildman–Crippen LogP) is 4.95. The van der Waals surface area contributed by atoms with E-state index in [2.05, 4.69) is 15.4 Å². The van der Waals surface area contributed by atoms with Crippen LogP contribution in [0.5, 0.6) is 11.5 Å². The Balaban J connectivity index is 1.43. The summed E-state index contributed by atoms with van der Waals surface area (Å²) in [6, 6.07) is 15.7. The number of nitrogens with one attached hydrogen (secondary N) is 3. The average Bonchev–Trinajstić information content (AvgIpc) is 3.19. The summed E-state index contributed by atoms with van der Waals surface area (Å²) in [7, 11) is -3.72. The molecule has 1 aliphatic heterocycles. The second kappa shape index (κ2) is 8.68. The van der Waals surface area contributed by atoms with Crippen LogP contribution in [0.3, 0.4) is 0 Å². The van der Waals surface area contributed by atoms with Crippen molar-refractivity contribution in [1.29, 1.82) is 0 Å². The molecule has 0 aliphatic carbocycles. The van der Waals surface area contributed by atoms with Crippen LogP contribution in [0, 0.1) is 20.8 Å². The first-order valence-corrected chi connectivity index (χ1v) is 11.8. The number of benzene rings is 3. The van der Waals surface area contributed by atoms with E-state index in [1.807, 2.05) is 39.0 Å². The molecule has 3 N–H and O–H groups in total. The molecule has 0 saturated heterocycles. The lowest BCUT2D eigenvalue weighted by Gasteiger charge is -2.15. The Morgan fingerprint density at radius 3 is 2.12 bits per heavy atom. The Morgan fingerprint density at radius 1 is 0.844 bits per heavy atom. The molecule has 0 amide bonds. The van der Waals surface area contributed by atoms with Crippen LogP contribution in [0.2, 0.25) is 0 Å². The van der Waals surface area contributed by atoms with Crippen LogP contribution in [0.25, 0.3) is 0 Å². The molecule has 32 heavy (non-hydrogen) atoms. The van der Waals surface area contributed by atoms with Crippen molar-refractivity contribution in [3.63, 3.8) is 0 Å². The van der Waals surface area contributed by atoms with E-state index in [0.29, 0.717) is 28.0 Å². The fourth-order valence-corrected chi connectivity index (χ4v) is 4.96. The van der Waals surface area contributed by atoms with Crippen LogP contribution >= 0.6 is 12.2 Å². The highest BCUT2D eigenvalue weighted by molar-refractivity contribution is 7.92. The molecule has 7 nitrogen and oxygen atoms in total. The topological polar surface area (TPSA) is 88.7 Å². The number of anilines is 3. The highest BCUT2D eigenvalue weighted by Gasteiger charge is 2.17. The first-order valence-electron chi connectivity index (χ1n) is 9.90. The molecule has 0 fully saturated rings. The summed E-state index contributed by atoms with van der Waals surface area (Å²) in [6.45, 7) is 5.96. The normalized spacial score (nSPS) is 12.3. The Labute approximate surface area is 192 Å². The Hall–Kier alpha value is -3.30. The third-order valence-corrected chi connectivity index (χ3v) is 6.54. The van der Waals surface area contributed by atoms with E-state index < -0.39 is 10.0 Å². The van der Waals surface area contributed by atoms with Gasteiger partial charge in [0.2, 0.25) is 6.79 Å². The Morgan fingerprint density at radius 2 is 1.44 bits per heavy atom. The number of ether oxygens (including phenoxy) is 2. The molecule has 9 heteroatoms. The van der Waals surface area contributed by atoms with Crippen molar-refractivity contribution >= 4 is 44.4 Å². The van der Waals surface area contributed by atoms with E-state index in [4.69, 9.17) is 21.7 Å². The molecule has 3 aromatic rings. The molecule has 4 rings (SSSR count). The second-order valence-corrected chi connectivity index (χ2v) is 9.64. The fourth-order valence-electron chi connectivity index (χ4n) is 3.52. The van der Waals surface area contributed by atoms with Crippen molar-refractivity contribution in [3.05, 3.63) is 71.3 Å². The summed E-state index contributed by atoms with van der Waals surface area (Å²) in [5, 5.41) is 6.48. The molecule has 0 atom stereocenters. The lowest BCUT2D eigenvalue weighted by Crippen LogP contribution is -2.19. The fraction of sp³-hybridized carbons (Fsp3) is 0.174. The number of fused-ring (bicyclic) bond motifs is 1. The summed E-state index contributed by atoms with van der Waals surface area (Å²) < 4.78 is 39.1. The standard InChI is InChI=1S/C23H23N3O4S2/c1-14-10-15(2)22(16(3)11-14)26-32(27,28)19-7-4-17(5-8-19)24-23(31)25-18-6-9-20-21(12-18)30-13-29-20/h4-12,26H,13H2,1-3H3,(H2,24,25,31). The van der Waals surface area contributed by atoms with Gasteiger partial charge in [-0.15, -0.1) is 0 Å². The monoisotopic (exact) mass is 469 g/mol. The zero-order chi connectivity index (χ0) is 22.9. The number of rotatable bonds is 5. The van der Waals surface area contributed by atoms with Gasteiger partial charge in [0.05, 0.1) is 10.6 Å². The van der Waals surface area contributed by atoms with Gasteiger partial charge >= 0.3 is 0 Å². The predicted molar refractivity (Wildman–Crippen MR) is 130 cm³/mol. The first-order chi connectivity index (χ1) is 15.2. The third-order valence-electron chi connectivity index (χ3n) is 4.97. The summed E-state index contributed by atoms with van der Waals surface area (Å²) >= 11 is 5.35. The van der Waals surface area contributed by atoms with E-state index >= 15 is 0 Å². The van der Waals surface area contributed by atoms with E-state index in [9.17, 15) is 8.42 Å². The van der Waals surface area contributed by atoms with E-state index in [1.54, 1.807) is 24.3 Å². The molecular weight excluding hydrogens is 446 g/mol. The molecule has 0 radical (unpaired) electrons. The minimum Gasteiger partial charge on any atom is -0.454 e. The van der Waals surface area contributed by atoms with Crippen LogP contribution in [0.15, 0.2) is 59.5 Å². The average molecular weight is 470 g/mol. The van der Waals surface area contributed by atoms with Crippen molar-refractivity contribution in [2.75, 3.05) is 22.1 Å². The van der Waals surface area contributed by atoms with Gasteiger partial charge in [0.15, 0.2) is 16.6 Å². The molecule has 3 aromatic carbocycles. The van der Waals surface area contributed by atoms with Crippen LogP contribution in [0.1, 0.15) is 16.7 Å². The van der Waals surface area contributed by atoms with Crippen LogP contribution in [0.4, 0.5) is 17.1 Å². The lowest BCUT2D eigenvalue weighted by atomic mass is 10.1. The highest BCUT2D eigenvalue weighted by Crippen LogP contribution is 2.34. The van der Waals surface area contributed by atoms with Gasteiger partial charge in [-0.25, -0.2) is 8.42 Å². The Bertz CT molecular complexity index is 1270. The SMILES string of the molecule is Cc1cc(C)c(NS(=O)(=O)c2ccc(NC(=S)Nc3ccc4c(c3)OCO4)cc2)c(C)c1. The molecule has 0 aromatic heterocycles. The van der Waals surface area contributed by atoms with Gasteiger partial charge in [-0.2, -0.15) is 0 Å². The maximum Gasteiger partial charge on any atom is 0.261 e. The zero-order valence-corrected chi connectivity index (χ0v) is 19.5. The number of thiocarbonyl (C=S) groups is 1. The number of sulfonamides is 1. The van der Waals surface area contributed by atoms with Gasteiger partial charge in [0.1, 0.15) is 0 Å². The van der Waals surface area contributed by atoms with Crippen LogP contribution in [-0.4, -0.2) is 20.3 Å². The quantitative estimate of drug-likeness (QED) is 0.456. The maximum atomic E-state index is 12.9. The van der Waals surface area contributed by atoms with Crippen molar-refractivity contribution in [1.82, 2.24) is 0 Å². The summed E-state index contributed by atoms with van der Waals surface area (Å²) in [5.74, 6) is 1.34. The van der Waals surface area contributed by atoms with Gasteiger partial charge in [0.25, 0.3) is 10.0 Å². The molecule has 0 spiro atoms. The van der Waals surface area contributed by atoms with Gasteiger partial charge in [-0.05, 0) is 80.5 Å². The van der Waals surface area contributed by atoms with Crippen molar-refractivity contribution < 1.29 is 17.9 Å². The molecule has 166 valence electrons. The van der Waals surface area contributed by atoms with E-state index in [1.165, 1.54) is 12.1 Å². The molecular formula is C23H23N3O4S2. The largest absolute Gasteiger partial charge is 0.454 e. The van der Waals surface area contributed by atoms with Gasteiger partial charge < -0.3 is 20.1 Å². The van der Waals surface area contributed by atoms with Gasteiger partial charge in [-0.3, -0.25) is 4.72 Å². The van der Waals surface area contributed by atoms with Gasteiger partial charge in [-0.1, -0.05) is 17.7 Å². The maximum absolute atomic E-state index is 12.9. The lowest BCUT2D eigenvalue weighted by molar-refractivity contribution is 0.174. The number of hydrogen-bond donors (Lipinski definition) is 3. The van der Waals surface area contributed by atoms with Crippen molar-refractivity contribution in [2.45, 2.75) is 25.7 Å². The molecule has 0 bridgehead atoms. The van der Waals surface area contributed by atoms with Crippen LogP contribution < -0.4 is 24.8 Å².